The van der Waals surface area contributed by atoms with E-state index in [4.69, 9.17) is 23.2 Å². The van der Waals surface area contributed by atoms with E-state index in [1.54, 1.807) is 0 Å². The average Bonchev–Trinajstić information content (AvgIpc) is 2.28. The van der Waals surface area contributed by atoms with Crippen molar-refractivity contribution in [2.45, 2.75) is 13.1 Å². The molecule has 0 fully saturated rings. The Kier molecular flexibility index (Phi) is 5.25. The van der Waals surface area contributed by atoms with Crippen LogP contribution in [-0.4, -0.2) is 16.1 Å². The summed E-state index contributed by atoms with van der Waals surface area (Å²) < 4.78 is 49.5. The van der Waals surface area contributed by atoms with Crippen LogP contribution in [0.15, 0.2) is 23.1 Å². The molecule has 0 aliphatic heterocycles. The lowest BCUT2D eigenvalue weighted by Gasteiger charge is -2.10. The first kappa shape index (κ1) is 15.5. The summed E-state index contributed by atoms with van der Waals surface area (Å²) in [7, 11) is -2.09. The summed E-state index contributed by atoms with van der Waals surface area (Å²) in [5, 5.41) is 0.396. The van der Waals surface area contributed by atoms with Crippen LogP contribution in [0.25, 0.3) is 6.08 Å². The van der Waals surface area contributed by atoms with Gasteiger partial charge in [-0.3, -0.25) is 4.21 Å². The monoisotopic (exact) mass is 316 g/mol. The van der Waals surface area contributed by atoms with Gasteiger partial charge < -0.3 is 0 Å². The molecular weight excluding hydrogens is 308 g/mol. The maximum absolute atomic E-state index is 12.7. The second-order valence-electron chi connectivity index (χ2n) is 3.31. The predicted molar refractivity (Wildman–Crippen MR) is 69.2 cm³/mol. The van der Waals surface area contributed by atoms with Gasteiger partial charge in [0.15, 0.2) is 0 Å². The third kappa shape index (κ3) is 4.00. The summed E-state index contributed by atoms with van der Waals surface area (Å²) in [6, 6.07) is 4.06. The minimum atomic E-state index is -4.63. The predicted octanol–water partition coefficient (Wildman–Crippen LogP) is 4.67. The highest BCUT2D eigenvalue weighted by molar-refractivity contribution is 7.89. The minimum Gasteiger partial charge on any atom is -0.254 e. The van der Waals surface area contributed by atoms with E-state index in [2.05, 4.69) is 0 Å². The molecule has 1 unspecified atom stereocenters. The fourth-order valence-electron chi connectivity index (χ4n) is 1.19. The molecule has 0 amide bonds. The maximum atomic E-state index is 12.7. The largest absolute Gasteiger partial charge is 0.424 e. The van der Waals surface area contributed by atoms with Crippen molar-refractivity contribution in [2.75, 3.05) is 5.75 Å². The summed E-state index contributed by atoms with van der Waals surface area (Å²) in [5.74, 6) is -0.104. The minimum absolute atomic E-state index is 0.104. The molecule has 0 aromatic heterocycles. The van der Waals surface area contributed by atoms with Crippen molar-refractivity contribution in [3.8, 4) is 0 Å². The Morgan fingerprint density at radius 1 is 1.33 bits per heavy atom. The van der Waals surface area contributed by atoms with E-state index in [0.717, 1.165) is 6.08 Å². The zero-order valence-corrected chi connectivity index (χ0v) is 11.6. The second-order valence-corrected chi connectivity index (χ2v) is 5.84. The van der Waals surface area contributed by atoms with Crippen molar-refractivity contribution in [3.05, 3.63) is 38.7 Å². The first-order valence-corrected chi connectivity index (χ1v) is 6.95. The molecule has 100 valence electrons. The lowest BCUT2D eigenvalue weighted by molar-refractivity contribution is -0.0832. The Balaban J connectivity index is 3.24. The molecule has 0 saturated heterocycles. The molecule has 7 heteroatoms. The SMILES string of the molecule is CCS(=O)/C(=C\c1ccc(Cl)c(Cl)c1)C(F)(F)F. The lowest BCUT2D eigenvalue weighted by Crippen LogP contribution is -2.17. The summed E-state index contributed by atoms with van der Waals surface area (Å²) in [6.07, 6.45) is -3.81. The van der Waals surface area contributed by atoms with E-state index in [9.17, 15) is 17.4 Å². The van der Waals surface area contributed by atoms with E-state index in [1.165, 1.54) is 25.1 Å². The van der Waals surface area contributed by atoms with Gasteiger partial charge in [0.05, 0.1) is 20.8 Å². The highest BCUT2D eigenvalue weighted by Crippen LogP contribution is 2.31. The maximum Gasteiger partial charge on any atom is 0.424 e. The smallest absolute Gasteiger partial charge is 0.254 e. The topological polar surface area (TPSA) is 17.1 Å². The quantitative estimate of drug-likeness (QED) is 0.792. The molecule has 0 saturated carbocycles. The Labute approximate surface area is 115 Å². The van der Waals surface area contributed by atoms with E-state index in [1.807, 2.05) is 0 Å². The standard InChI is InChI=1S/C11H9Cl2F3OS/c1-2-18(17)10(11(14,15)16)6-7-3-4-8(12)9(13)5-7/h3-6H,2H2,1H3/b10-6-. The summed E-state index contributed by atoms with van der Waals surface area (Å²) in [5.41, 5.74) is 0.207. The molecule has 1 aromatic carbocycles. The molecule has 1 aromatic rings. The molecule has 0 heterocycles. The Morgan fingerprint density at radius 2 is 1.94 bits per heavy atom. The normalized spacial score (nSPS) is 14.7. The molecule has 18 heavy (non-hydrogen) atoms. The van der Waals surface area contributed by atoms with E-state index < -0.39 is 21.9 Å². The lowest BCUT2D eigenvalue weighted by atomic mass is 10.2. The van der Waals surface area contributed by atoms with E-state index in [-0.39, 0.29) is 21.4 Å². The van der Waals surface area contributed by atoms with Crippen LogP contribution in [0.5, 0.6) is 0 Å². The molecule has 0 aliphatic carbocycles. The van der Waals surface area contributed by atoms with Gasteiger partial charge in [0.2, 0.25) is 0 Å². The van der Waals surface area contributed by atoms with Gasteiger partial charge in [0.25, 0.3) is 0 Å². The number of alkyl halides is 3. The van der Waals surface area contributed by atoms with Crippen LogP contribution in [0.4, 0.5) is 13.2 Å². The van der Waals surface area contributed by atoms with Gasteiger partial charge in [-0.25, -0.2) is 0 Å². The number of hydrogen-bond acceptors (Lipinski definition) is 1. The van der Waals surface area contributed by atoms with Crippen molar-refractivity contribution in [1.82, 2.24) is 0 Å². The van der Waals surface area contributed by atoms with Gasteiger partial charge in [-0.2, -0.15) is 13.2 Å². The molecule has 0 radical (unpaired) electrons. The van der Waals surface area contributed by atoms with Crippen LogP contribution >= 0.6 is 23.2 Å². The Morgan fingerprint density at radius 3 is 2.39 bits per heavy atom. The third-order valence-electron chi connectivity index (χ3n) is 2.03. The molecule has 0 N–H and O–H groups in total. The van der Waals surface area contributed by atoms with E-state index in [0.29, 0.717) is 0 Å². The number of rotatable bonds is 3. The van der Waals surface area contributed by atoms with Crippen molar-refractivity contribution in [2.24, 2.45) is 0 Å². The van der Waals surface area contributed by atoms with Gasteiger partial charge in [-0.15, -0.1) is 0 Å². The zero-order chi connectivity index (χ0) is 13.9. The van der Waals surface area contributed by atoms with Crippen LogP contribution in [0, 0.1) is 0 Å². The zero-order valence-electron chi connectivity index (χ0n) is 9.22. The summed E-state index contributed by atoms with van der Waals surface area (Å²) in [4.78, 5) is -1.08. The molecule has 0 spiro atoms. The molecular formula is C11H9Cl2F3OS. The van der Waals surface area contributed by atoms with Crippen LogP contribution < -0.4 is 0 Å². The molecule has 1 atom stereocenters. The van der Waals surface area contributed by atoms with Gasteiger partial charge in [-0.1, -0.05) is 36.2 Å². The fourth-order valence-corrected chi connectivity index (χ4v) is 2.33. The van der Waals surface area contributed by atoms with Gasteiger partial charge >= 0.3 is 6.18 Å². The van der Waals surface area contributed by atoms with Crippen LogP contribution in [0.3, 0.4) is 0 Å². The van der Waals surface area contributed by atoms with Crippen LogP contribution in [0.1, 0.15) is 12.5 Å². The Hall–Kier alpha value is -0.520. The van der Waals surface area contributed by atoms with Gasteiger partial charge in [-0.05, 0) is 23.8 Å². The molecule has 0 bridgehead atoms. The van der Waals surface area contributed by atoms with Crippen molar-refractivity contribution >= 4 is 40.1 Å². The molecule has 0 aliphatic rings. The first-order valence-electron chi connectivity index (χ1n) is 4.88. The molecule has 1 rings (SSSR count). The summed E-state index contributed by atoms with van der Waals surface area (Å²) in [6.45, 7) is 1.42. The number of benzene rings is 1. The highest BCUT2D eigenvalue weighted by atomic mass is 35.5. The summed E-state index contributed by atoms with van der Waals surface area (Å²) >= 11 is 11.4. The average molecular weight is 317 g/mol. The fraction of sp³-hybridized carbons (Fsp3) is 0.273. The van der Waals surface area contributed by atoms with Crippen molar-refractivity contribution < 1.29 is 17.4 Å². The number of hydrogen-bond donors (Lipinski definition) is 0. The van der Waals surface area contributed by atoms with Crippen molar-refractivity contribution in [3.63, 3.8) is 0 Å². The number of allylic oxidation sites excluding steroid dienone is 1. The highest BCUT2D eigenvalue weighted by Gasteiger charge is 2.37. The van der Waals surface area contributed by atoms with Crippen LogP contribution in [0.2, 0.25) is 10.0 Å². The Bertz CT molecular complexity index is 498. The first-order chi connectivity index (χ1) is 8.25. The van der Waals surface area contributed by atoms with Gasteiger partial charge in [0, 0.05) is 5.75 Å². The van der Waals surface area contributed by atoms with Gasteiger partial charge in [0.1, 0.15) is 4.91 Å². The van der Waals surface area contributed by atoms with E-state index >= 15 is 0 Å². The third-order valence-corrected chi connectivity index (χ3v) is 4.13. The van der Waals surface area contributed by atoms with Crippen LogP contribution in [-0.2, 0) is 10.8 Å². The molecule has 1 nitrogen and oxygen atoms in total. The number of halogens is 5. The van der Waals surface area contributed by atoms with Crippen molar-refractivity contribution in [1.29, 1.82) is 0 Å². The second kappa shape index (κ2) is 6.08.